The Bertz CT molecular complexity index is 587. The largest absolute Gasteiger partial charge is 0.508 e. The molecule has 2 aromatic carbocycles. The Morgan fingerprint density at radius 2 is 1.67 bits per heavy atom. The molecule has 0 saturated carbocycles. The van der Waals surface area contributed by atoms with Crippen LogP contribution in [0.15, 0.2) is 53.5 Å². The SMILES string of the molecule is Cc1ccc(N(CC2=NCCN2)c2ccc(O)cc2)cc1. The van der Waals surface area contributed by atoms with Gasteiger partial charge < -0.3 is 15.3 Å². The summed E-state index contributed by atoms with van der Waals surface area (Å²) in [5.41, 5.74) is 3.39. The molecule has 0 aliphatic carbocycles. The van der Waals surface area contributed by atoms with Gasteiger partial charge in [-0.15, -0.1) is 0 Å². The summed E-state index contributed by atoms with van der Waals surface area (Å²) in [5, 5.41) is 12.8. The van der Waals surface area contributed by atoms with Gasteiger partial charge in [0.1, 0.15) is 11.6 Å². The minimum absolute atomic E-state index is 0.277. The number of aryl methyl sites for hydroxylation is 1. The van der Waals surface area contributed by atoms with Crippen molar-refractivity contribution >= 4 is 17.2 Å². The van der Waals surface area contributed by atoms with Crippen molar-refractivity contribution in [3.8, 4) is 5.75 Å². The van der Waals surface area contributed by atoms with Gasteiger partial charge in [0.25, 0.3) is 0 Å². The number of amidine groups is 1. The van der Waals surface area contributed by atoms with Crippen LogP contribution in [0.1, 0.15) is 5.56 Å². The number of anilines is 2. The normalized spacial score (nSPS) is 13.7. The number of aromatic hydroxyl groups is 1. The first kappa shape index (κ1) is 13.5. The van der Waals surface area contributed by atoms with Crippen molar-refractivity contribution in [3.05, 3.63) is 54.1 Å². The Kier molecular flexibility index (Phi) is 3.77. The zero-order chi connectivity index (χ0) is 14.7. The lowest BCUT2D eigenvalue weighted by atomic mass is 10.2. The molecule has 0 fully saturated rings. The van der Waals surface area contributed by atoms with E-state index < -0.39 is 0 Å². The molecule has 1 aliphatic heterocycles. The number of rotatable bonds is 4. The van der Waals surface area contributed by atoms with E-state index in [1.54, 1.807) is 12.1 Å². The van der Waals surface area contributed by atoms with E-state index in [9.17, 15) is 5.11 Å². The average Bonchev–Trinajstić information content (AvgIpc) is 3.00. The molecule has 0 amide bonds. The van der Waals surface area contributed by atoms with E-state index in [4.69, 9.17) is 0 Å². The van der Waals surface area contributed by atoms with Crippen LogP contribution in [0.25, 0.3) is 0 Å². The summed E-state index contributed by atoms with van der Waals surface area (Å²) in [6.45, 7) is 4.53. The lowest BCUT2D eigenvalue weighted by Gasteiger charge is -2.25. The standard InChI is InChI=1S/C17H19N3O/c1-13-2-4-14(5-3-13)20(12-17-18-10-11-19-17)15-6-8-16(21)9-7-15/h2-9,21H,10-12H2,1H3,(H,18,19). The average molecular weight is 281 g/mol. The van der Waals surface area contributed by atoms with E-state index in [0.717, 1.165) is 30.3 Å². The Morgan fingerprint density at radius 1 is 1.05 bits per heavy atom. The number of phenolic OH excluding ortho intramolecular Hbond substituents is 1. The molecule has 2 N–H and O–H groups in total. The van der Waals surface area contributed by atoms with Crippen LogP contribution in [0.5, 0.6) is 5.75 Å². The summed E-state index contributed by atoms with van der Waals surface area (Å²) in [7, 11) is 0. The molecule has 0 saturated heterocycles. The van der Waals surface area contributed by atoms with Crippen LogP contribution in [0.3, 0.4) is 0 Å². The monoisotopic (exact) mass is 281 g/mol. The maximum absolute atomic E-state index is 9.48. The van der Waals surface area contributed by atoms with Crippen molar-refractivity contribution in [2.45, 2.75) is 6.92 Å². The van der Waals surface area contributed by atoms with Gasteiger partial charge in [-0.1, -0.05) is 17.7 Å². The number of hydrogen-bond donors (Lipinski definition) is 2. The number of benzene rings is 2. The second kappa shape index (κ2) is 5.87. The van der Waals surface area contributed by atoms with E-state index >= 15 is 0 Å². The molecule has 2 aromatic rings. The number of phenols is 1. The highest BCUT2D eigenvalue weighted by Gasteiger charge is 2.14. The number of hydrogen-bond acceptors (Lipinski definition) is 4. The summed E-state index contributed by atoms with van der Waals surface area (Å²) >= 11 is 0. The van der Waals surface area contributed by atoms with E-state index in [-0.39, 0.29) is 5.75 Å². The van der Waals surface area contributed by atoms with Crippen LogP contribution in [-0.4, -0.2) is 30.6 Å². The summed E-state index contributed by atoms with van der Waals surface area (Å²) in [5.74, 6) is 1.28. The third kappa shape index (κ3) is 3.16. The lowest BCUT2D eigenvalue weighted by Crippen LogP contribution is -2.32. The first-order valence-electron chi connectivity index (χ1n) is 7.13. The molecule has 0 aromatic heterocycles. The van der Waals surface area contributed by atoms with Crippen LogP contribution in [0, 0.1) is 6.92 Å². The molecule has 21 heavy (non-hydrogen) atoms. The van der Waals surface area contributed by atoms with Gasteiger partial charge >= 0.3 is 0 Å². The van der Waals surface area contributed by atoms with Gasteiger partial charge in [-0.05, 0) is 43.3 Å². The minimum atomic E-state index is 0.277. The van der Waals surface area contributed by atoms with E-state index in [2.05, 4.69) is 46.4 Å². The fraction of sp³-hybridized carbons (Fsp3) is 0.235. The smallest absolute Gasteiger partial charge is 0.117 e. The Balaban J connectivity index is 1.93. The first-order chi connectivity index (χ1) is 10.2. The first-order valence-corrected chi connectivity index (χ1v) is 7.13. The predicted octanol–water partition coefficient (Wildman–Crippen LogP) is 2.84. The second-order valence-corrected chi connectivity index (χ2v) is 5.19. The van der Waals surface area contributed by atoms with E-state index in [1.807, 2.05) is 12.1 Å². The fourth-order valence-corrected chi connectivity index (χ4v) is 2.39. The molecule has 1 aliphatic rings. The highest BCUT2D eigenvalue weighted by molar-refractivity contribution is 5.90. The van der Waals surface area contributed by atoms with Gasteiger partial charge in [0, 0.05) is 17.9 Å². The molecular formula is C17H19N3O. The molecule has 0 radical (unpaired) electrons. The number of aliphatic imine (C=N–C) groups is 1. The van der Waals surface area contributed by atoms with Crippen molar-refractivity contribution in [1.29, 1.82) is 0 Å². The summed E-state index contributed by atoms with van der Waals surface area (Å²) in [6.07, 6.45) is 0. The van der Waals surface area contributed by atoms with Crippen molar-refractivity contribution in [3.63, 3.8) is 0 Å². The minimum Gasteiger partial charge on any atom is -0.508 e. The van der Waals surface area contributed by atoms with Crippen LogP contribution in [0.2, 0.25) is 0 Å². The number of nitrogens with zero attached hydrogens (tertiary/aromatic N) is 2. The Labute approximate surface area is 124 Å². The molecule has 3 rings (SSSR count). The van der Waals surface area contributed by atoms with Crippen LogP contribution in [-0.2, 0) is 0 Å². The second-order valence-electron chi connectivity index (χ2n) is 5.19. The van der Waals surface area contributed by atoms with Crippen LogP contribution < -0.4 is 10.2 Å². The van der Waals surface area contributed by atoms with Gasteiger partial charge in [0.05, 0.1) is 13.1 Å². The molecule has 4 nitrogen and oxygen atoms in total. The predicted molar refractivity (Wildman–Crippen MR) is 86.6 cm³/mol. The van der Waals surface area contributed by atoms with Gasteiger partial charge in [0.15, 0.2) is 0 Å². The highest BCUT2D eigenvalue weighted by atomic mass is 16.3. The third-order valence-corrected chi connectivity index (χ3v) is 3.56. The molecule has 0 bridgehead atoms. The molecule has 108 valence electrons. The molecule has 0 spiro atoms. The van der Waals surface area contributed by atoms with Gasteiger partial charge in [0.2, 0.25) is 0 Å². The fourth-order valence-electron chi connectivity index (χ4n) is 2.39. The molecule has 0 atom stereocenters. The van der Waals surface area contributed by atoms with E-state index in [1.165, 1.54) is 5.56 Å². The van der Waals surface area contributed by atoms with Gasteiger partial charge in [-0.3, -0.25) is 4.99 Å². The molecule has 1 heterocycles. The summed E-state index contributed by atoms with van der Waals surface area (Å²) in [4.78, 5) is 6.67. The van der Waals surface area contributed by atoms with Crippen molar-refractivity contribution < 1.29 is 5.11 Å². The molecule has 0 unspecified atom stereocenters. The highest BCUT2D eigenvalue weighted by Crippen LogP contribution is 2.27. The summed E-state index contributed by atoms with van der Waals surface area (Å²) < 4.78 is 0. The van der Waals surface area contributed by atoms with Crippen LogP contribution in [0.4, 0.5) is 11.4 Å². The third-order valence-electron chi connectivity index (χ3n) is 3.56. The quantitative estimate of drug-likeness (QED) is 0.906. The van der Waals surface area contributed by atoms with E-state index in [0.29, 0.717) is 6.54 Å². The van der Waals surface area contributed by atoms with Gasteiger partial charge in [-0.2, -0.15) is 0 Å². The zero-order valence-corrected chi connectivity index (χ0v) is 12.1. The Morgan fingerprint density at radius 3 is 2.24 bits per heavy atom. The number of nitrogens with one attached hydrogen (secondary N) is 1. The Hall–Kier alpha value is -2.49. The lowest BCUT2D eigenvalue weighted by molar-refractivity contribution is 0.475. The van der Waals surface area contributed by atoms with Crippen molar-refractivity contribution in [2.24, 2.45) is 4.99 Å². The molecule has 4 heteroatoms. The van der Waals surface area contributed by atoms with Crippen LogP contribution >= 0.6 is 0 Å². The summed E-state index contributed by atoms with van der Waals surface area (Å²) in [6, 6.07) is 15.7. The molecular weight excluding hydrogens is 262 g/mol. The topological polar surface area (TPSA) is 47.9 Å². The maximum atomic E-state index is 9.48. The van der Waals surface area contributed by atoms with Crippen molar-refractivity contribution in [1.82, 2.24) is 5.32 Å². The van der Waals surface area contributed by atoms with Crippen molar-refractivity contribution in [2.75, 3.05) is 24.5 Å². The zero-order valence-electron chi connectivity index (χ0n) is 12.1. The van der Waals surface area contributed by atoms with Gasteiger partial charge in [-0.25, -0.2) is 0 Å². The maximum Gasteiger partial charge on any atom is 0.117 e.